The first-order valence-electron chi connectivity index (χ1n) is 9.64. The molecule has 2 unspecified atom stereocenters. The Hall–Kier alpha value is -2.04. The Morgan fingerprint density at radius 1 is 0.963 bits per heavy atom. The van der Waals surface area contributed by atoms with Crippen LogP contribution in [0.3, 0.4) is 0 Å². The van der Waals surface area contributed by atoms with Gasteiger partial charge in [-0.05, 0) is 41.8 Å². The number of benzene rings is 2. The van der Waals surface area contributed by atoms with E-state index in [-0.39, 0.29) is 17.6 Å². The molecule has 0 saturated carbocycles. The van der Waals surface area contributed by atoms with Gasteiger partial charge in [0.15, 0.2) is 0 Å². The largest absolute Gasteiger partial charge is 0.491 e. The van der Waals surface area contributed by atoms with Crippen molar-refractivity contribution >= 4 is 0 Å². The van der Waals surface area contributed by atoms with Crippen LogP contribution in [0.5, 0.6) is 11.5 Å². The summed E-state index contributed by atoms with van der Waals surface area (Å²) in [6, 6.07) is 16.7. The monoisotopic (exact) mass is 370 g/mol. The van der Waals surface area contributed by atoms with Crippen molar-refractivity contribution < 1.29 is 18.9 Å². The highest BCUT2D eigenvalue weighted by Crippen LogP contribution is 2.33. The molecular formula is C23H30O4. The Bertz CT molecular complexity index is 698. The molecule has 1 aliphatic heterocycles. The summed E-state index contributed by atoms with van der Waals surface area (Å²) in [5.74, 6) is 1.76. The molecule has 4 heteroatoms. The minimum atomic E-state index is -0.102. The van der Waals surface area contributed by atoms with Crippen molar-refractivity contribution in [3.8, 4) is 11.5 Å². The first-order valence-corrected chi connectivity index (χ1v) is 9.64. The topological polar surface area (TPSA) is 40.2 Å². The second-order valence-electron chi connectivity index (χ2n) is 7.52. The SMILES string of the molecule is CCC(COc1ccc(C(C)(C)c2ccc(OCC3CO3)cc2)cc1)OC. The standard InChI is InChI=1S/C23H30O4/c1-5-19(24-4)14-25-20-10-6-17(7-11-20)23(2,3)18-8-12-21(13-9-18)26-15-22-16-27-22/h6-13,19,22H,5,14-16H2,1-4H3. The highest BCUT2D eigenvalue weighted by atomic mass is 16.6. The van der Waals surface area contributed by atoms with E-state index in [9.17, 15) is 0 Å². The summed E-state index contributed by atoms with van der Waals surface area (Å²) in [5.41, 5.74) is 2.39. The predicted octanol–water partition coefficient (Wildman–Crippen LogP) is 4.59. The molecule has 1 aliphatic rings. The Kier molecular flexibility index (Phi) is 6.40. The molecule has 0 aromatic heterocycles. The van der Waals surface area contributed by atoms with Crippen molar-refractivity contribution in [1.82, 2.24) is 0 Å². The fraction of sp³-hybridized carbons (Fsp3) is 0.478. The number of ether oxygens (including phenoxy) is 4. The first-order chi connectivity index (χ1) is 13.0. The average molecular weight is 370 g/mol. The van der Waals surface area contributed by atoms with Crippen LogP contribution in [0, 0.1) is 0 Å². The van der Waals surface area contributed by atoms with Crippen molar-refractivity contribution in [3.63, 3.8) is 0 Å². The van der Waals surface area contributed by atoms with E-state index in [1.165, 1.54) is 11.1 Å². The zero-order valence-corrected chi connectivity index (χ0v) is 16.7. The van der Waals surface area contributed by atoms with Gasteiger partial charge < -0.3 is 18.9 Å². The molecule has 2 atom stereocenters. The number of rotatable bonds is 10. The zero-order valence-electron chi connectivity index (χ0n) is 16.7. The highest BCUT2D eigenvalue weighted by Gasteiger charge is 2.24. The molecule has 0 spiro atoms. The molecule has 2 aromatic rings. The Morgan fingerprint density at radius 3 is 1.93 bits per heavy atom. The second kappa shape index (κ2) is 8.77. The summed E-state index contributed by atoms with van der Waals surface area (Å²) in [5, 5.41) is 0. The molecule has 1 saturated heterocycles. The molecule has 4 nitrogen and oxygen atoms in total. The van der Waals surface area contributed by atoms with Gasteiger partial charge >= 0.3 is 0 Å². The van der Waals surface area contributed by atoms with Crippen LogP contribution in [0.25, 0.3) is 0 Å². The number of methoxy groups -OCH3 is 1. The van der Waals surface area contributed by atoms with Crippen LogP contribution in [0.4, 0.5) is 0 Å². The fourth-order valence-corrected chi connectivity index (χ4v) is 3.00. The summed E-state index contributed by atoms with van der Waals surface area (Å²) in [6.07, 6.45) is 1.35. The molecule has 146 valence electrons. The lowest BCUT2D eigenvalue weighted by atomic mass is 9.78. The van der Waals surface area contributed by atoms with Crippen molar-refractivity contribution in [1.29, 1.82) is 0 Å². The van der Waals surface area contributed by atoms with Crippen LogP contribution in [0.2, 0.25) is 0 Å². The molecule has 0 bridgehead atoms. The first kappa shape index (κ1) is 19.7. The molecule has 1 fully saturated rings. The van der Waals surface area contributed by atoms with Crippen LogP contribution >= 0.6 is 0 Å². The minimum absolute atomic E-state index is 0.102. The van der Waals surface area contributed by atoms with Crippen molar-refractivity contribution in [2.24, 2.45) is 0 Å². The summed E-state index contributed by atoms with van der Waals surface area (Å²) >= 11 is 0. The third-order valence-corrected chi connectivity index (χ3v) is 5.21. The van der Waals surface area contributed by atoms with Gasteiger partial charge in [-0.15, -0.1) is 0 Å². The Morgan fingerprint density at radius 2 is 1.48 bits per heavy atom. The van der Waals surface area contributed by atoms with Gasteiger partial charge in [0, 0.05) is 12.5 Å². The molecular weight excluding hydrogens is 340 g/mol. The highest BCUT2D eigenvalue weighted by molar-refractivity contribution is 5.41. The van der Waals surface area contributed by atoms with Crippen molar-refractivity contribution in [2.75, 3.05) is 26.9 Å². The Balaban J connectivity index is 1.62. The van der Waals surface area contributed by atoms with Gasteiger partial charge in [0.05, 0.1) is 12.7 Å². The average Bonchev–Trinajstić information content (AvgIpc) is 3.52. The second-order valence-corrected chi connectivity index (χ2v) is 7.52. The predicted molar refractivity (Wildman–Crippen MR) is 107 cm³/mol. The molecule has 3 rings (SSSR count). The van der Waals surface area contributed by atoms with Gasteiger partial charge in [-0.2, -0.15) is 0 Å². The smallest absolute Gasteiger partial charge is 0.119 e. The lowest BCUT2D eigenvalue weighted by Crippen LogP contribution is -2.20. The zero-order chi connectivity index (χ0) is 19.3. The molecule has 0 radical (unpaired) electrons. The summed E-state index contributed by atoms with van der Waals surface area (Å²) in [4.78, 5) is 0. The molecule has 1 heterocycles. The maximum absolute atomic E-state index is 5.84. The molecule has 0 aliphatic carbocycles. The maximum atomic E-state index is 5.84. The van der Waals surface area contributed by atoms with Gasteiger partial charge in [-0.25, -0.2) is 0 Å². The van der Waals surface area contributed by atoms with E-state index in [2.05, 4.69) is 45.0 Å². The summed E-state index contributed by atoms with van der Waals surface area (Å²) in [7, 11) is 1.72. The van der Waals surface area contributed by atoms with Crippen LogP contribution in [-0.4, -0.2) is 39.1 Å². The maximum Gasteiger partial charge on any atom is 0.119 e. The van der Waals surface area contributed by atoms with Crippen LogP contribution < -0.4 is 9.47 Å². The lowest BCUT2D eigenvalue weighted by Gasteiger charge is -2.26. The van der Waals surface area contributed by atoms with Crippen LogP contribution in [0.15, 0.2) is 48.5 Å². The fourth-order valence-electron chi connectivity index (χ4n) is 3.00. The lowest BCUT2D eigenvalue weighted by molar-refractivity contribution is 0.0556. The third kappa shape index (κ3) is 5.24. The quantitative estimate of drug-likeness (QED) is 0.573. The van der Waals surface area contributed by atoms with Gasteiger partial charge in [0.2, 0.25) is 0 Å². The van der Waals surface area contributed by atoms with Gasteiger partial charge in [0.25, 0.3) is 0 Å². The van der Waals surface area contributed by atoms with Crippen LogP contribution in [0.1, 0.15) is 38.3 Å². The van der Waals surface area contributed by atoms with Gasteiger partial charge in [-0.3, -0.25) is 0 Å². The Labute approximate surface area is 162 Å². The van der Waals surface area contributed by atoms with Crippen molar-refractivity contribution in [2.45, 2.75) is 44.8 Å². The van der Waals surface area contributed by atoms with E-state index in [4.69, 9.17) is 18.9 Å². The normalized spacial score (nSPS) is 17.4. The van der Waals surface area contributed by atoms with E-state index in [0.29, 0.717) is 13.2 Å². The van der Waals surface area contributed by atoms with Gasteiger partial charge in [0.1, 0.15) is 30.8 Å². The van der Waals surface area contributed by atoms with Gasteiger partial charge in [-0.1, -0.05) is 45.0 Å². The van der Waals surface area contributed by atoms with E-state index in [0.717, 1.165) is 24.5 Å². The third-order valence-electron chi connectivity index (χ3n) is 5.21. The number of hydrogen-bond acceptors (Lipinski definition) is 4. The van der Waals surface area contributed by atoms with E-state index >= 15 is 0 Å². The number of epoxide rings is 1. The minimum Gasteiger partial charge on any atom is -0.491 e. The molecule has 0 N–H and O–H groups in total. The van der Waals surface area contributed by atoms with E-state index in [1.54, 1.807) is 7.11 Å². The summed E-state index contributed by atoms with van der Waals surface area (Å²) < 4.78 is 22.1. The molecule has 0 amide bonds. The number of hydrogen-bond donors (Lipinski definition) is 0. The molecule has 27 heavy (non-hydrogen) atoms. The van der Waals surface area contributed by atoms with E-state index < -0.39 is 0 Å². The van der Waals surface area contributed by atoms with E-state index in [1.807, 2.05) is 24.3 Å². The summed E-state index contributed by atoms with van der Waals surface area (Å²) in [6.45, 7) is 8.58. The molecule has 2 aromatic carbocycles. The van der Waals surface area contributed by atoms with Crippen molar-refractivity contribution in [3.05, 3.63) is 59.7 Å². The van der Waals surface area contributed by atoms with Crippen LogP contribution in [-0.2, 0) is 14.9 Å².